The van der Waals surface area contributed by atoms with Crippen molar-refractivity contribution < 1.29 is 4.79 Å². The number of unbranched alkanes of at least 4 members (excludes halogenated alkanes) is 6. The van der Waals surface area contributed by atoms with Crippen LogP contribution >= 0.6 is 11.3 Å². The van der Waals surface area contributed by atoms with E-state index < -0.39 is 0 Å². The lowest BCUT2D eigenvalue weighted by Gasteiger charge is -2.03. The van der Waals surface area contributed by atoms with Crippen molar-refractivity contribution in [2.75, 3.05) is 6.54 Å². The van der Waals surface area contributed by atoms with Crippen LogP contribution < -0.4 is 5.32 Å². The molecule has 0 radical (unpaired) electrons. The molecule has 0 aliphatic heterocycles. The monoisotopic (exact) mass is 253 g/mol. The third-order valence-corrected chi connectivity index (χ3v) is 3.53. The van der Waals surface area contributed by atoms with Gasteiger partial charge in [-0.2, -0.15) is 11.3 Å². The first-order valence-electron chi connectivity index (χ1n) is 6.65. The Bertz CT molecular complexity index is 295. The highest BCUT2D eigenvalue weighted by Gasteiger charge is 2.03. The number of hydrogen-bond donors (Lipinski definition) is 1. The molecule has 0 unspecified atom stereocenters. The zero-order chi connectivity index (χ0) is 12.3. The van der Waals surface area contributed by atoms with Crippen molar-refractivity contribution >= 4 is 17.2 Å². The Kier molecular flexibility index (Phi) is 7.72. The van der Waals surface area contributed by atoms with E-state index in [1.165, 1.54) is 38.5 Å². The van der Waals surface area contributed by atoms with Crippen molar-refractivity contribution in [2.45, 2.75) is 51.9 Å². The lowest BCUT2D eigenvalue weighted by atomic mass is 10.1. The molecule has 0 fully saturated rings. The van der Waals surface area contributed by atoms with Crippen LogP contribution in [-0.4, -0.2) is 12.5 Å². The summed E-state index contributed by atoms with van der Waals surface area (Å²) in [5.41, 5.74) is 0.790. The molecule has 0 aliphatic rings. The van der Waals surface area contributed by atoms with E-state index in [1.54, 1.807) is 11.3 Å². The minimum atomic E-state index is 0.0669. The first-order valence-corrected chi connectivity index (χ1v) is 7.59. The first-order chi connectivity index (χ1) is 8.34. The van der Waals surface area contributed by atoms with Crippen LogP contribution in [-0.2, 0) is 0 Å². The van der Waals surface area contributed by atoms with E-state index in [2.05, 4.69) is 12.2 Å². The van der Waals surface area contributed by atoms with Crippen LogP contribution in [0.3, 0.4) is 0 Å². The topological polar surface area (TPSA) is 29.1 Å². The molecule has 1 aromatic heterocycles. The van der Waals surface area contributed by atoms with Crippen molar-refractivity contribution in [2.24, 2.45) is 0 Å². The van der Waals surface area contributed by atoms with Crippen LogP contribution in [0.2, 0.25) is 0 Å². The summed E-state index contributed by atoms with van der Waals surface area (Å²) in [5.74, 6) is 0.0669. The van der Waals surface area contributed by atoms with Crippen molar-refractivity contribution in [3.8, 4) is 0 Å². The summed E-state index contributed by atoms with van der Waals surface area (Å²) in [6.45, 7) is 3.04. The number of rotatable bonds is 9. The Morgan fingerprint density at radius 2 is 1.88 bits per heavy atom. The van der Waals surface area contributed by atoms with Crippen LogP contribution in [0.1, 0.15) is 62.2 Å². The first kappa shape index (κ1) is 14.2. The van der Waals surface area contributed by atoms with Gasteiger partial charge in [-0.25, -0.2) is 0 Å². The maximum atomic E-state index is 11.6. The molecule has 0 atom stereocenters. The van der Waals surface area contributed by atoms with Crippen LogP contribution in [0.15, 0.2) is 16.8 Å². The number of nitrogens with one attached hydrogen (secondary N) is 1. The molecule has 0 saturated carbocycles. The molecule has 0 saturated heterocycles. The molecule has 0 spiro atoms. The Morgan fingerprint density at radius 1 is 1.18 bits per heavy atom. The number of carbonyl (C=O) groups excluding carboxylic acids is 1. The third kappa shape index (κ3) is 6.47. The van der Waals surface area contributed by atoms with Crippen LogP contribution in [0, 0.1) is 0 Å². The second kappa shape index (κ2) is 9.23. The summed E-state index contributed by atoms with van der Waals surface area (Å²) >= 11 is 1.56. The van der Waals surface area contributed by atoms with E-state index in [0.717, 1.165) is 18.5 Å². The van der Waals surface area contributed by atoms with Crippen molar-refractivity contribution in [3.63, 3.8) is 0 Å². The predicted molar refractivity (Wildman–Crippen MR) is 74.6 cm³/mol. The molecule has 17 heavy (non-hydrogen) atoms. The van der Waals surface area contributed by atoms with E-state index >= 15 is 0 Å². The lowest BCUT2D eigenvalue weighted by Crippen LogP contribution is -2.23. The third-order valence-electron chi connectivity index (χ3n) is 2.85. The highest BCUT2D eigenvalue weighted by molar-refractivity contribution is 7.08. The fraction of sp³-hybridized carbons (Fsp3) is 0.643. The smallest absolute Gasteiger partial charge is 0.252 e. The molecule has 1 aromatic rings. The molecule has 1 heterocycles. The van der Waals surface area contributed by atoms with Crippen LogP contribution in [0.4, 0.5) is 0 Å². The average molecular weight is 253 g/mol. The maximum absolute atomic E-state index is 11.6. The van der Waals surface area contributed by atoms with Gasteiger partial charge >= 0.3 is 0 Å². The van der Waals surface area contributed by atoms with Gasteiger partial charge in [0.2, 0.25) is 0 Å². The standard InChI is InChI=1S/C14H23NOS/c1-2-3-4-5-6-7-8-10-15-14(16)13-9-11-17-12-13/h9,11-12H,2-8,10H2,1H3,(H,15,16). The van der Waals surface area contributed by atoms with Gasteiger partial charge < -0.3 is 5.32 Å². The summed E-state index contributed by atoms with van der Waals surface area (Å²) < 4.78 is 0. The second-order valence-electron chi connectivity index (χ2n) is 4.39. The van der Waals surface area contributed by atoms with Gasteiger partial charge in [-0.1, -0.05) is 45.4 Å². The molecule has 0 aliphatic carbocycles. The largest absolute Gasteiger partial charge is 0.352 e. The molecule has 1 N–H and O–H groups in total. The fourth-order valence-corrected chi connectivity index (χ4v) is 2.42. The molecule has 0 bridgehead atoms. The van der Waals surface area contributed by atoms with Gasteiger partial charge in [-0.15, -0.1) is 0 Å². The molecule has 1 amide bonds. The number of hydrogen-bond acceptors (Lipinski definition) is 2. The highest BCUT2D eigenvalue weighted by Crippen LogP contribution is 2.07. The number of carbonyl (C=O) groups is 1. The predicted octanol–water partition coefficient (Wildman–Crippen LogP) is 4.23. The van der Waals surface area contributed by atoms with Gasteiger partial charge in [-0.05, 0) is 17.9 Å². The van der Waals surface area contributed by atoms with E-state index in [9.17, 15) is 4.79 Å². The van der Waals surface area contributed by atoms with Gasteiger partial charge in [0.15, 0.2) is 0 Å². The molecule has 1 rings (SSSR count). The Hall–Kier alpha value is -0.830. The molecular weight excluding hydrogens is 230 g/mol. The summed E-state index contributed by atoms with van der Waals surface area (Å²) in [7, 11) is 0. The molecule has 2 nitrogen and oxygen atoms in total. The minimum absolute atomic E-state index is 0.0669. The normalized spacial score (nSPS) is 10.4. The quantitative estimate of drug-likeness (QED) is 0.656. The SMILES string of the molecule is CCCCCCCCCNC(=O)c1ccsc1. The van der Waals surface area contributed by atoms with Gasteiger partial charge in [0, 0.05) is 17.5 Å². The number of amides is 1. The summed E-state index contributed by atoms with van der Waals surface area (Å²) in [6, 6.07) is 1.87. The maximum Gasteiger partial charge on any atom is 0.252 e. The van der Waals surface area contributed by atoms with Crippen molar-refractivity contribution in [1.82, 2.24) is 5.32 Å². The Balaban J connectivity index is 1.92. The van der Waals surface area contributed by atoms with E-state index in [4.69, 9.17) is 0 Å². The molecule has 0 aromatic carbocycles. The highest BCUT2D eigenvalue weighted by atomic mass is 32.1. The Labute approximate surface area is 108 Å². The second-order valence-corrected chi connectivity index (χ2v) is 5.17. The zero-order valence-electron chi connectivity index (χ0n) is 10.7. The van der Waals surface area contributed by atoms with E-state index in [0.29, 0.717) is 0 Å². The van der Waals surface area contributed by atoms with Gasteiger partial charge in [0.25, 0.3) is 5.91 Å². The van der Waals surface area contributed by atoms with E-state index in [1.807, 2.05) is 16.8 Å². The average Bonchev–Trinajstić information content (AvgIpc) is 2.86. The summed E-state index contributed by atoms with van der Waals surface area (Å²) in [4.78, 5) is 11.6. The number of thiophene rings is 1. The van der Waals surface area contributed by atoms with Gasteiger partial charge in [0.1, 0.15) is 0 Å². The fourth-order valence-electron chi connectivity index (χ4n) is 1.78. The van der Waals surface area contributed by atoms with Crippen molar-refractivity contribution in [1.29, 1.82) is 0 Å². The summed E-state index contributed by atoms with van der Waals surface area (Å²) in [6.07, 6.45) is 8.99. The van der Waals surface area contributed by atoms with Crippen molar-refractivity contribution in [3.05, 3.63) is 22.4 Å². The molecule has 3 heteroatoms. The van der Waals surface area contributed by atoms with Crippen LogP contribution in [0.5, 0.6) is 0 Å². The van der Waals surface area contributed by atoms with Gasteiger partial charge in [0.05, 0.1) is 0 Å². The van der Waals surface area contributed by atoms with E-state index in [-0.39, 0.29) is 5.91 Å². The molecular formula is C14H23NOS. The minimum Gasteiger partial charge on any atom is -0.352 e. The molecule has 96 valence electrons. The van der Waals surface area contributed by atoms with Gasteiger partial charge in [-0.3, -0.25) is 4.79 Å². The Morgan fingerprint density at radius 3 is 2.53 bits per heavy atom. The lowest BCUT2D eigenvalue weighted by molar-refractivity contribution is 0.0953. The summed E-state index contributed by atoms with van der Waals surface area (Å²) in [5, 5.41) is 6.78. The zero-order valence-corrected chi connectivity index (χ0v) is 11.5. The van der Waals surface area contributed by atoms with Crippen LogP contribution in [0.25, 0.3) is 0 Å².